The molecule has 5 nitrogen and oxygen atoms in total. The maximum atomic E-state index is 11.0. The van der Waals surface area contributed by atoms with Gasteiger partial charge in [0.2, 0.25) is 6.79 Å². The molecule has 0 unspecified atom stereocenters. The van der Waals surface area contributed by atoms with Crippen LogP contribution < -0.4 is 18.9 Å². The molecule has 1 aromatic rings. The van der Waals surface area contributed by atoms with Crippen molar-refractivity contribution < 1.29 is 23.7 Å². The number of carbonyl (C=O) groups is 1. The largest absolute Gasteiger partial charge is 0.492 e. The first-order valence-electron chi connectivity index (χ1n) is 4.73. The van der Waals surface area contributed by atoms with Crippen molar-refractivity contribution in [1.82, 2.24) is 0 Å². The van der Waals surface area contributed by atoms with E-state index in [-0.39, 0.29) is 6.79 Å². The number of fused-ring (bicyclic) bond motifs is 2. The fraction of sp³-hybridized carbons (Fsp3) is 0.364. The maximum Gasteiger partial charge on any atom is 0.231 e. The molecule has 0 atom stereocenters. The highest BCUT2D eigenvalue weighted by Crippen LogP contribution is 2.49. The molecule has 1 aromatic carbocycles. The number of carbonyl (C=O) groups excluding carboxylic acids is 1. The number of hydrogen-bond donors (Lipinski definition) is 0. The standard InChI is InChI=1S/C11H12O5/c1-6-8(13-2)10-7(4-12)11(9(6)14-3)16-5-15-10/h4H,5H2,1-3H3. The van der Waals surface area contributed by atoms with Crippen molar-refractivity contribution in [1.29, 1.82) is 0 Å². The molecule has 2 bridgehead atoms. The first-order valence-corrected chi connectivity index (χ1v) is 4.73. The third-order valence-electron chi connectivity index (χ3n) is 2.52. The van der Waals surface area contributed by atoms with Crippen molar-refractivity contribution in [2.45, 2.75) is 6.92 Å². The van der Waals surface area contributed by atoms with Crippen LogP contribution in [0.4, 0.5) is 0 Å². The maximum absolute atomic E-state index is 11.0. The highest BCUT2D eigenvalue weighted by atomic mass is 16.7. The van der Waals surface area contributed by atoms with Crippen LogP contribution in [0.5, 0.6) is 23.0 Å². The van der Waals surface area contributed by atoms with Crippen LogP contribution in [0.2, 0.25) is 0 Å². The molecule has 0 radical (unpaired) electrons. The molecule has 0 fully saturated rings. The lowest BCUT2D eigenvalue weighted by atomic mass is 10.1. The van der Waals surface area contributed by atoms with Crippen molar-refractivity contribution in [2.75, 3.05) is 21.0 Å². The Hall–Kier alpha value is -1.91. The van der Waals surface area contributed by atoms with Gasteiger partial charge < -0.3 is 18.9 Å². The minimum Gasteiger partial charge on any atom is -0.492 e. The second-order valence-electron chi connectivity index (χ2n) is 3.29. The van der Waals surface area contributed by atoms with Crippen LogP contribution in [0.1, 0.15) is 15.9 Å². The van der Waals surface area contributed by atoms with E-state index in [1.54, 1.807) is 0 Å². The third kappa shape index (κ3) is 1.28. The van der Waals surface area contributed by atoms with E-state index in [0.29, 0.717) is 34.8 Å². The van der Waals surface area contributed by atoms with Gasteiger partial charge in [0.25, 0.3) is 0 Å². The van der Waals surface area contributed by atoms with E-state index >= 15 is 0 Å². The predicted molar refractivity (Wildman–Crippen MR) is 55.8 cm³/mol. The molecule has 1 heterocycles. The SMILES string of the molecule is COc1c(C)c(OC)c2c(C=O)c1OCO2. The van der Waals surface area contributed by atoms with E-state index in [1.807, 2.05) is 6.92 Å². The van der Waals surface area contributed by atoms with Gasteiger partial charge in [-0.25, -0.2) is 0 Å². The Bertz CT molecular complexity index is 405. The van der Waals surface area contributed by atoms with Gasteiger partial charge in [0.15, 0.2) is 29.3 Å². The van der Waals surface area contributed by atoms with Crippen LogP contribution in [-0.2, 0) is 0 Å². The summed E-state index contributed by atoms with van der Waals surface area (Å²) in [4.78, 5) is 11.0. The van der Waals surface area contributed by atoms with Crippen LogP contribution >= 0.6 is 0 Å². The van der Waals surface area contributed by atoms with Crippen LogP contribution in [0, 0.1) is 6.92 Å². The van der Waals surface area contributed by atoms with Gasteiger partial charge in [-0.2, -0.15) is 0 Å². The van der Waals surface area contributed by atoms with Crippen molar-refractivity contribution >= 4 is 6.29 Å². The average Bonchev–Trinajstić information content (AvgIpc) is 2.30. The normalized spacial score (nSPS) is 12.4. The molecule has 0 aromatic heterocycles. The van der Waals surface area contributed by atoms with Gasteiger partial charge in [0.1, 0.15) is 5.56 Å². The van der Waals surface area contributed by atoms with Gasteiger partial charge in [-0.05, 0) is 6.92 Å². The Labute approximate surface area is 92.9 Å². The first-order chi connectivity index (χ1) is 7.74. The van der Waals surface area contributed by atoms with Gasteiger partial charge in [-0.3, -0.25) is 4.79 Å². The van der Waals surface area contributed by atoms with E-state index in [4.69, 9.17) is 18.9 Å². The first kappa shape index (κ1) is 10.6. The molecule has 0 amide bonds. The van der Waals surface area contributed by atoms with Crippen molar-refractivity contribution in [3.8, 4) is 23.0 Å². The lowest BCUT2D eigenvalue weighted by Crippen LogP contribution is -2.17. The van der Waals surface area contributed by atoms with Gasteiger partial charge in [-0.15, -0.1) is 0 Å². The summed E-state index contributed by atoms with van der Waals surface area (Å²) in [6, 6.07) is 0. The van der Waals surface area contributed by atoms with Gasteiger partial charge >= 0.3 is 0 Å². The van der Waals surface area contributed by atoms with E-state index in [0.717, 1.165) is 5.56 Å². The quantitative estimate of drug-likeness (QED) is 0.729. The fourth-order valence-corrected chi connectivity index (χ4v) is 1.82. The zero-order valence-electron chi connectivity index (χ0n) is 9.33. The van der Waals surface area contributed by atoms with E-state index < -0.39 is 0 Å². The summed E-state index contributed by atoms with van der Waals surface area (Å²) in [6.07, 6.45) is 0.675. The Morgan fingerprint density at radius 1 is 1.12 bits per heavy atom. The molecule has 5 heteroatoms. The topological polar surface area (TPSA) is 54.0 Å². The molecule has 2 rings (SSSR count). The zero-order valence-corrected chi connectivity index (χ0v) is 9.33. The Morgan fingerprint density at radius 3 is 2.00 bits per heavy atom. The van der Waals surface area contributed by atoms with Gasteiger partial charge in [0.05, 0.1) is 14.2 Å². The summed E-state index contributed by atoms with van der Waals surface area (Å²) < 4.78 is 21.0. The molecular formula is C11H12O5. The average molecular weight is 224 g/mol. The Kier molecular flexibility index (Phi) is 2.60. The smallest absolute Gasteiger partial charge is 0.231 e. The van der Waals surface area contributed by atoms with Crippen LogP contribution in [0.25, 0.3) is 0 Å². The summed E-state index contributed by atoms with van der Waals surface area (Å²) in [5.74, 6) is 1.84. The summed E-state index contributed by atoms with van der Waals surface area (Å²) in [6.45, 7) is 1.87. The minimum absolute atomic E-state index is 0.0506. The third-order valence-corrected chi connectivity index (χ3v) is 2.52. The van der Waals surface area contributed by atoms with Crippen LogP contribution in [0.3, 0.4) is 0 Å². The molecule has 0 spiro atoms. The number of rotatable bonds is 3. The zero-order chi connectivity index (χ0) is 11.7. The second kappa shape index (κ2) is 3.92. The highest BCUT2D eigenvalue weighted by Gasteiger charge is 2.28. The molecule has 0 N–H and O–H groups in total. The van der Waals surface area contributed by atoms with E-state index in [1.165, 1.54) is 14.2 Å². The van der Waals surface area contributed by atoms with Crippen molar-refractivity contribution in [3.63, 3.8) is 0 Å². The van der Waals surface area contributed by atoms with Gasteiger partial charge in [-0.1, -0.05) is 0 Å². The second-order valence-corrected chi connectivity index (χ2v) is 3.29. The fourth-order valence-electron chi connectivity index (χ4n) is 1.82. The number of aldehydes is 1. The molecule has 86 valence electrons. The minimum atomic E-state index is 0.0506. The molecule has 16 heavy (non-hydrogen) atoms. The summed E-state index contributed by atoms with van der Waals surface area (Å²) in [7, 11) is 3.04. The Balaban J connectivity index is 2.79. The molecule has 0 aliphatic carbocycles. The molecule has 0 saturated heterocycles. The number of methoxy groups -OCH3 is 2. The Morgan fingerprint density at radius 2 is 1.62 bits per heavy atom. The highest BCUT2D eigenvalue weighted by molar-refractivity contribution is 5.89. The molecule has 1 aliphatic rings. The lowest BCUT2D eigenvalue weighted by Gasteiger charge is -2.25. The van der Waals surface area contributed by atoms with Crippen molar-refractivity contribution in [3.05, 3.63) is 11.1 Å². The van der Waals surface area contributed by atoms with E-state index in [9.17, 15) is 4.79 Å². The lowest BCUT2D eigenvalue weighted by molar-refractivity contribution is 0.0884. The van der Waals surface area contributed by atoms with E-state index in [2.05, 4.69) is 0 Å². The van der Waals surface area contributed by atoms with Crippen molar-refractivity contribution in [2.24, 2.45) is 0 Å². The summed E-state index contributed by atoms with van der Waals surface area (Å²) in [5, 5.41) is 0. The predicted octanol–water partition coefficient (Wildman–Crippen LogP) is 1.55. The van der Waals surface area contributed by atoms with Crippen LogP contribution in [-0.4, -0.2) is 27.3 Å². The molecular weight excluding hydrogens is 212 g/mol. The number of ether oxygens (including phenoxy) is 4. The monoisotopic (exact) mass is 224 g/mol. The summed E-state index contributed by atoms with van der Waals surface area (Å²) >= 11 is 0. The van der Waals surface area contributed by atoms with Gasteiger partial charge in [0, 0.05) is 5.56 Å². The number of hydrogen-bond acceptors (Lipinski definition) is 5. The number of benzene rings is 1. The molecule has 0 saturated carbocycles. The summed E-state index contributed by atoms with van der Waals surface area (Å²) in [5.41, 5.74) is 1.07. The molecule has 1 aliphatic heterocycles. The van der Waals surface area contributed by atoms with Crippen LogP contribution in [0.15, 0.2) is 0 Å².